The summed E-state index contributed by atoms with van der Waals surface area (Å²) >= 11 is 0. The van der Waals surface area contributed by atoms with Crippen LogP contribution in [0.5, 0.6) is 0 Å². The lowest BCUT2D eigenvalue weighted by molar-refractivity contribution is -0.0381. The summed E-state index contributed by atoms with van der Waals surface area (Å²) in [4.78, 5) is 2.36. The lowest BCUT2D eigenvalue weighted by Crippen LogP contribution is -2.52. The summed E-state index contributed by atoms with van der Waals surface area (Å²) in [6.07, 6.45) is 1.32. The van der Waals surface area contributed by atoms with E-state index in [1.165, 1.54) is 16.7 Å². The van der Waals surface area contributed by atoms with E-state index in [0.717, 1.165) is 32.7 Å². The first-order valence-electron chi connectivity index (χ1n) is 7.69. The maximum Gasteiger partial charge on any atom is 0.0858 e. The van der Waals surface area contributed by atoms with E-state index in [2.05, 4.69) is 56.2 Å². The molecule has 112 valence electrons. The average Bonchev–Trinajstić information content (AvgIpc) is 2.37. The Hall–Kier alpha value is -0.900. The first kappa shape index (κ1) is 15.5. The summed E-state index contributed by atoms with van der Waals surface area (Å²) < 4.78 is 5.99. The van der Waals surface area contributed by atoms with Gasteiger partial charge in [-0.3, -0.25) is 0 Å². The Morgan fingerprint density at radius 2 is 2.00 bits per heavy atom. The lowest BCUT2D eigenvalue weighted by atomic mass is 9.97. The molecule has 1 fully saturated rings. The molecule has 0 radical (unpaired) electrons. The van der Waals surface area contributed by atoms with E-state index in [9.17, 15) is 0 Å². The van der Waals surface area contributed by atoms with E-state index in [-0.39, 0.29) is 6.10 Å². The van der Waals surface area contributed by atoms with E-state index >= 15 is 0 Å². The molecule has 0 aromatic heterocycles. The third-order valence-corrected chi connectivity index (χ3v) is 3.95. The van der Waals surface area contributed by atoms with Crippen LogP contribution in [0.2, 0.25) is 0 Å². The fourth-order valence-corrected chi connectivity index (χ4v) is 3.09. The molecule has 1 aromatic rings. The van der Waals surface area contributed by atoms with Crippen molar-refractivity contribution in [3.63, 3.8) is 0 Å². The maximum absolute atomic E-state index is 5.99. The van der Waals surface area contributed by atoms with E-state index in [0.29, 0.717) is 6.04 Å². The largest absolute Gasteiger partial charge is 0.374 e. The Bertz CT molecular complexity index is 413. The maximum atomic E-state index is 5.99. The number of ether oxygens (including phenoxy) is 1. The Morgan fingerprint density at radius 3 is 2.60 bits per heavy atom. The number of likely N-dealkylation sites (N-methyl/N-ethyl adjacent to an activating group) is 2. The molecule has 0 aliphatic carbocycles. The molecular formula is C17H28N2O. The van der Waals surface area contributed by atoms with E-state index < -0.39 is 0 Å². The number of hydrogen-bond acceptors (Lipinski definition) is 3. The van der Waals surface area contributed by atoms with Crippen LogP contribution in [-0.2, 0) is 11.2 Å². The molecule has 20 heavy (non-hydrogen) atoms. The van der Waals surface area contributed by atoms with Gasteiger partial charge in [0.2, 0.25) is 0 Å². The van der Waals surface area contributed by atoms with Gasteiger partial charge in [0.05, 0.1) is 12.7 Å². The summed E-state index contributed by atoms with van der Waals surface area (Å²) in [6, 6.07) is 7.22. The van der Waals surface area contributed by atoms with Gasteiger partial charge >= 0.3 is 0 Å². The minimum Gasteiger partial charge on any atom is -0.374 e. The molecule has 3 nitrogen and oxygen atoms in total. The highest BCUT2D eigenvalue weighted by Crippen LogP contribution is 2.15. The van der Waals surface area contributed by atoms with E-state index in [4.69, 9.17) is 4.74 Å². The molecule has 0 amide bonds. The van der Waals surface area contributed by atoms with Crippen LogP contribution in [0.3, 0.4) is 0 Å². The molecular weight excluding hydrogens is 248 g/mol. The molecule has 0 bridgehead atoms. The molecule has 1 aliphatic rings. The summed E-state index contributed by atoms with van der Waals surface area (Å²) in [7, 11) is 2.18. The Balaban J connectivity index is 2.07. The molecule has 0 saturated carbocycles. The normalized spacial score (nSPS) is 21.9. The SMILES string of the molecule is CCNC(Cc1cc(C)cc(C)c1)C1CN(C)CCO1. The van der Waals surface area contributed by atoms with Gasteiger partial charge in [-0.15, -0.1) is 0 Å². The first-order chi connectivity index (χ1) is 9.58. The lowest BCUT2D eigenvalue weighted by Gasteiger charge is -2.35. The molecule has 1 aromatic carbocycles. The van der Waals surface area contributed by atoms with Gasteiger partial charge in [-0.1, -0.05) is 36.2 Å². The summed E-state index contributed by atoms with van der Waals surface area (Å²) in [5.41, 5.74) is 4.10. The van der Waals surface area contributed by atoms with Crippen LogP contribution in [-0.4, -0.2) is 50.3 Å². The standard InChI is InChI=1S/C17H28N2O/c1-5-18-16(17-12-19(4)6-7-20-17)11-15-9-13(2)8-14(3)10-15/h8-10,16-18H,5-7,11-12H2,1-4H3. The number of hydrogen-bond donors (Lipinski definition) is 1. The van der Waals surface area contributed by atoms with Crippen molar-refractivity contribution < 1.29 is 4.74 Å². The highest BCUT2D eigenvalue weighted by molar-refractivity contribution is 5.29. The summed E-state index contributed by atoms with van der Waals surface area (Å²) in [6.45, 7) is 10.4. The first-order valence-corrected chi connectivity index (χ1v) is 7.69. The number of morpholine rings is 1. The van der Waals surface area contributed by atoms with Gasteiger partial charge in [0.25, 0.3) is 0 Å². The van der Waals surface area contributed by atoms with Crippen LogP contribution in [0.25, 0.3) is 0 Å². The molecule has 1 aliphatic heterocycles. The van der Waals surface area contributed by atoms with Crippen molar-refractivity contribution in [2.75, 3.05) is 33.3 Å². The van der Waals surface area contributed by atoms with Crippen LogP contribution in [0.4, 0.5) is 0 Å². The zero-order valence-electron chi connectivity index (χ0n) is 13.3. The van der Waals surface area contributed by atoms with Crippen molar-refractivity contribution in [2.24, 2.45) is 0 Å². The Labute approximate surface area is 123 Å². The number of benzene rings is 1. The van der Waals surface area contributed by atoms with Crippen LogP contribution in [0, 0.1) is 13.8 Å². The zero-order valence-corrected chi connectivity index (χ0v) is 13.3. The van der Waals surface area contributed by atoms with Gasteiger partial charge in [-0.25, -0.2) is 0 Å². The van der Waals surface area contributed by atoms with Crippen LogP contribution >= 0.6 is 0 Å². The highest BCUT2D eigenvalue weighted by Gasteiger charge is 2.26. The van der Waals surface area contributed by atoms with Crippen molar-refractivity contribution >= 4 is 0 Å². The molecule has 1 saturated heterocycles. The molecule has 3 heteroatoms. The third-order valence-electron chi connectivity index (χ3n) is 3.95. The van der Waals surface area contributed by atoms with Crippen molar-refractivity contribution in [3.05, 3.63) is 34.9 Å². The zero-order chi connectivity index (χ0) is 14.5. The predicted octanol–water partition coefficient (Wildman–Crippen LogP) is 2.15. The van der Waals surface area contributed by atoms with Crippen molar-refractivity contribution in [2.45, 2.75) is 39.3 Å². The van der Waals surface area contributed by atoms with Gasteiger partial charge < -0.3 is 15.0 Å². The Morgan fingerprint density at radius 1 is 1.30 bits per heavy atom. The van der Waals surface area contributed by atoms with Crippen molar-refractivity contribution in [1.82, 2.24) is 10.2 Å². The minimum absolute atomic E-state index is 0.287. The van der Waals surface area contributed by atoms with Gasteiger partial charge in [-0.05, 0) is 39.4 Å². The molecule has 0 spiro atoms. The molecule has 2 rings (SSSR count). The van der Waals surface area contributed by atoms with Gasteiger partial charge in [-0.2, -0.15) is 0 Å². The number of rotatable bonds is 5. The van der Waals surface area contributed by atoms with Gasteiger partial charge in [0.1, 0.15) is 0 Å². The third kappa shape index (κ3) is 4.30. The summed E-state index contributed by atoms with van der Waals surface area (Å²) in [5.74, 6) is 0. The molecule has 1 N–H and O–H groups in total. The van der Waals surface area contributed by atoms with Crippen molar-refractivity contribution in [1.29, 1.82) is 0 Å². The number of nitrogens with one attached hydrogen (secondary N) is 1. The highest BCUT2D eigenvalue weighted by atomic mass is 16.5. The second-order valence-electron chi connectivity index (χ2n) is 6.04. The van der Waals surface area contributed by atoms with Crippen molar-refractivity contribution in [3.8, 4) is 0 Å². The summed E-state index contributed by atoms with van der Waals surface area (Å²) in [5, 5.41) is 3.61. The quantitative estimate of drug-likeness (QED) is 0.892. The average molecular weight is 276 g/mol. The van der Waals surface area contributed by atoms with Crippen LogP contribution in [0.1, 0.15) is 23.6 Å². The van der Waals surface area contributed by atoms with Crippen LogP contribution < -0.4 is 5.32 Å². The monoisotopic (exact) mass is 276 g/mol. The number of aryl methyl sites for hydroxylation is 2. The Kier molecular flexibility index (Phi) is 5.58. The smallest absolute Gasteiger partial charge is 0.0858 e. The van der Waals surface area contributed by atoms with Crippen LogP contribution in [0.15, 0.2) is 18.2 Å². The number of nitrogens with zero attached hydrogens (tertiary/aromatic N) is 1. The fourth-order valence-electron chi connectivity index (χ4n) is 3.09. The molecule has 1 heterocycles. The second kappa shape index (κ2) is 7.21. The molecule has 2 unspecified atom stereocenters. The molecule has 2 atom stereocenters. The van der Waals surface area contributed by atoms with Gasteiger partial charge in [0, 0.05) is 19.1 Å². The van der Waals surface area contributed by atoms with E-state index in [1.807, 2.05) is 0 Å². The van der Waals surface area contributed by atoms with Gasteiger partial charge in [0.15, 0.2) is 0 Å². The topological polar surface area (TPSA) is 24.5 Å². The van der Waals surface area contributed by atoms with E-state index in [1.54, 1.807) is 0 Å². The fraction of sp³-hybridized carbons (Fsp3) is 0.647. The predicted molar refractivity (Wildman–Crippen MR) is 84.3 cm³/mol. The second-order valence-corrected chi connectivity index (χ2v) is 6.04. The minimum atomic E-state index is 0.287.